The number of hydrogen-bond donors (Lipinski definition) is 1. The van der Waals surface area contributed by atoms with Gasteiger partial charge < -0.3 is 15.0 Å². The Bertz CT molecular complexity index is 557. The van der Waals surface area contributed by atoms with Crippen LogP contribution in [-0.2, 0) is 9.53 Å². The molecule has 5 nitrogen and oxygen atoms in total. The summed E-state index contributed by atoms with van der Waals surface area (Å²) in [6.07, 6.45) is 6.67. The van der Waals surface area contributed by atoms with Crippen molar-refractivity contribution in [3.05, 3.63) is 24.5 Å². The number of amides is 1. The molecule has 5 heteroatoms. The predicted octanol–water partition coefficient (Wildman–Crippen LogP) is 2.48. The number of nitrogens with zero attached hydrogens (tertiary/aromatic N) is 2. The Balaban J connectivity index is 1.70. The maximum atomic E-state index is 12.9. The van der Waals surface area contributed by atoms with Gasteiger partial charge in [0, 0.05) is 44.2 Å². The minimum atomic E-state index is -0.291. The number of nitrogens with one attached hydrogen (secondary N) is 1. The Kier molecular flexibility index (Phi) is 5.09. The molecule has 1 aromatic heterocycles. The second-order valence-corrected chi connectivity index (χ2v) is 7.67. The number of rotatable bonds is 6. The summed E-state index contributed by atoms with van der Waals surface area (Å²) < 4.78 is 5.32. The number of aromatic nitrogens is 1. The highest BCUT2D eigenvalue weighted by atomic mass is 16.5. The highest BCUT2D eigenvalue weighted by Gasteiger charge is 2.46. The summed E-state index contributed by atoms with van der Waals surface area (Å²) in [5, 5.41) is 3.36. The summed E-state index contributed by atoms with van der Waals surface area (Å²) in [5.41, 5.74) is 0.892. The Morgan fingerprint density at radius 2 is 2.08 bits per heavy atom. The van der Waals surface area contributed by atoms with Gasteiger partial charge in [0.2, 0.25) is 5.91 Å². The second-order valence-electron chi connectivity index (χ2n) is 7.67. The summed E-state index contributed by atoms with van der Waals surface area (Å²) >= 11 is 0. The van der Waals surface area contributed by atoms with Crippen LogP contribution in [0.1, 0.15) is 33.1 Å². The number of ether oxygens (including phenoxy) is 1. The molecule has 0 unspecified atom stereocenters. The van der Waals surface area contributed by atoms with E-state index in [1.807, 2.05) is 24.5 Å². The number of methoxy groups -OCH3 is 1. The largest absolute Gasteiger partial charge is 0.384 e. The smallest absolute Gasteiger partial charge is 0.228 e. The second kappa shape index (κ2) is 7.09. The zero-order valence-corrected chi connectivity index (χ0v) is 15.0. The molecule has 0 bridgehead atoms. The van der Waals surface area contributed by atoms with E-state index in [1.54, 1.807) is 7.11 Å². The minimum Gasteiger partial charge on any atom is -0.384 e. The van der Waals surface area contributed by atoms with E-state index in [1.165, 1.54) is 5.69 Å². The van der Waals surface area contributed by atoms with Gasteiger partial charge in [0.1, 0.15) is 0 Å². The Morgan fingerprint density at radius 1 is 1.38 bits per heavy atom. The van der Waals surface area contributed by atoms with Gasteiger partial charge in [-0.1, -0.05) is 20.3 Å². The maximum absolute atomic E-state index is 12.9. The van der Waals surface area contributed by atoms with Crippen molar-refractivity contribution in [1.82, 2.24) is 10.3 Å². The predicted molar refractivity (Wildman–Crippen MR) is 94.9 cm³/mol. The number of carbonyl (C=O) groups is 1. The van der Waals surface area contributed by atoms with Crippen LogP contribution in [0.15, 0.2) is 24.5 Å². The van der Waals surface area contributed by atoms with Crippen LogP contribution >= 0.6 is 0 Å². The SMILES string of the molecule is COCC1(C(=O)N[C@H]2CN(c3ccncc3)C[C@@H]2C(C)C)CCC1. The van der Waals surface area contributed by atoms with Crippen LogP contribution in [0.3, 0.4) is 0 Å². The molecule has 2 heterocycles. The molecule has 1 aromatic rings. The number of pyridine rings is 1. The Morgan fingerprint density at radius 3 is 2.62 bits per heavy atom. The molecule has 2 atom stereocenters. The van der Waals surface area contributed by atoms with E-state index in [0.29, 0.717) is 18.4 Å². The molecule has 1 aliphatic carbocycles. The molecule has 0 radical (unpaired) electrons. The van der Waals surface area contributed by atoms with Crippen molar-refractivity contribution < 1.29 is 9.53 Å². The highest BCUT2D eigenvalue weighted by Crippen LogP contribution is 2.42. The topological polar surface area (TPSA) is 54.5 Å². The first-order valence-electron chi connectivity index (χ1n) is 9.00. The van der Waals surface area contributed by atoms with Crippen molar-refractivity contribution in [1.29, 1.82) is 0 Å². The molecule has 3 rings (SSSR count). The van der Waals surface area contributed by atoms with E-state index in [9.17, 15) is 4.79 Å². The molecular formula is C19H29N3O2. The van der Waals surface area contributed by atoms with Gasteiger partial charge in [-0.2, -0.15) is 0 Å². The van der Waals surface area contributed by atoms with Crippen molar-refractivity contribution in [3.8, 4) is 0 Å². The van der Waals surface area contributed by atoms with Crippen LogP contribution in [0, 0.1) is 17.3 Å². The van der Waals surface area contributed by atoms with Gasteiger partial charge in [-0.05, 0) is 30.9 Å². The van der Waals surface area contributed by atoms with E-state index < -0.39 is 0 Å². The van der Waals surface area contributed by atoms with Crippen LogP contribution in [0.5, 0.6) is 0 Å². The third-order valence-corrected chi connectivity index (χ3v) is 5.78. The van der Waals surface area contributed by atoms with Gasteiger partial charge in [-0.3, -0.25) is 9.78 Å². The van der Waals surface area contributed by atoms with Crippen molar-refractivity contribution in [3.63, 3.8) is 0 Å². The van der Waals surface area contributed by atoms with Crippen LogP contribution in [0.25, 0.3) is 0 Å². The van der Waals surface area contributed by atoms with Gasteiger partial charge in [0.25, 0.3) is 0 Å². The molecule has 0 spiro atoms. The fourth-order valence-electron chi connectivity index (χ4n) is 4.06. The van der Waals surface area contributed by atoms with Crippen LogP contribution in [0.4, 0.5) is 5.69 Å². The molecule has 1 saturated heterocycles. The molecule has 1 amide bonds. The first-order valence-corrected chi connectivity index (χ1v) is 9.00. The lowest BCUT2D eigenvalue weighted by molar-refractivity contribution is -0.141. The van der Waals surface area contributed by atoms with Gasteiger partial charge in [-0.15, -0.1) is 0 Å². The Hall–Kier alpha value is -1.62. The molecule has 24 heavy (non-hydrogen) atoms. The van der Waals surface area contributed by atoms with Gasteiger partial charge >= 0.3 is 0 Å². The quantitative estimate of drug-likeness (QED) is 0.870. The number of hydrogen-bond acceptors (Lipinski definition) is 4. The molecule has 2 aliphatic rings. The highest BCUT2D eigenvalue weighted by molar-refractivity contribution is 5.84. The summed E-state index contributed by atoms with van der Waals surface area (Å²) in [5.74, 6) is 1.17. The Labute approximate surface area is 144 Å². The van der Waals surface area contributed by atoms with E-state index in [-0.39, 0.29) is 17.4 Å². The molecule has 2 fully saturated rings. The van der Waals surface area contributed by atoms with Crippen LogP contribution in [0.2, 0.25) is 0 Å². The van der Waals surface area contributed by atoms with Crippen LogP contribution in [-0.4, -0.2) is 43.7 Å². The lowest BCUT2D eigenvalue weighted by Gasteiger charge is -2.40. The third-order valence-electron chi connectivity index (χ3n) is 5.78. The zero-order valence-electron chi connectivity index (χ0n) is 15.0. The summed E-state index contributed by atoms with van der Waals surface area (Å²) in [4.78, 5) is 19.3. The lowest BCUT2D eigenvalue weighted by atomic mass is 9.68. The fourth-order valence-corrected chi connectivity index (χ4v) is 4.06. The van der Waals surface area contributed by atoms with E-state index in [0.717, 1.165) is 32.4 Å². The van der Waals surface area contributed by atoms with E-state index in [4.69, 9.17) is 4.74 Å². The van der Waals surface area contributed by atoms with Crippen molar-refractivity contribution in [2.45, 2.75) is 39.2 Å². The normalized spacial score (nSPS) is 25.6. The van der Waals surface area contributed by atoms with E-state index >= 15 is 0 Å². The van der Waals surface area contributed by atoms with Gasteiger partial charge in [-0.25, -0.2) is 0 Å². The standard InChI is InChI=1S/C19H29N3O2/c1-14(2)16-11-22(15-5-9-20-10-6-15)12-17(16)21-18(23)19(13-24-3)7-4-8-19/h5-6,9-10,14,16-17H,4,7-8,11-13H2,1-3H3,(H,21,23)/t16-,17+/m1/s1. The molecular weight excluding hydrogens is 302 g/mol. The minimum absolute atomic E-state index is 0.183. The average molecular weight is 331 g/mol. The zero-order chi connectivity index (χ0) is 17.2. The van der Waals surface area contributed by atoms with Gasteiger partial charge in [0.05, 0.1) is 18.1 Å². The summed E-state index contributed by atoms with van der Waals surface area (Å²) in [6, 6.07) is 4.28. The van der Waals surface area contributed by atoms with Crippen LogP contribution < -0.4 is 10.2 Å². The molecule has 0 aromatic carbocycles. The maximum Gasteiger partial charge on any atom is 0.228 e. The number of carbonyl (C=O) groups excluding carboxylic acids is 1. The van der Waals surface area contributed by atoms with Crippen molar-refractivity contribution in [2.75, 3.05) is 31.7 Å². The number of anilines is 1. The third kappa shape index (κ3) is 3.27. The first kappa shape index (κ1) is 17.2. The molecule has 132 valence electrons. The van der Waals surface area contributed by atoms with E-state index in [2.05, 4.69) is 29.0 Å². The fraction of sp³-hybridized carbons (Fsp3) is 0.684. The molecule has 1 saturated carbocycles. The lowest BCUT2D eigenvalue weighted by Crippen LogP contribution is -2.53. The molecule has 1 aliphatic heterocycles. The first-order chi connectivity index (χ1) is 11.6. The average Bonchev–Trinajstić information content (AvgIpc) is 2.95. The molecule has 1 N–H and O–H groups in total. The monoisotopic (exact) mass is 331 g/mol. The van der Waals surface area contributed by atoms with Gasteiger partial charge in [0.15, 0.2) is 0 Å². The van der Waals surface area contributed by atoms with Crippen molar-refractivity contribution >= 4 is 11.6 Å². The summed E-state index contributed by atoms with van der Waals surface area (Å²) in [7, 11) is 1.69. The summed E-state index contributed by atoms with van der Waals surface area (Å²) in [6.45, 7) is 6.86. The van der Waals surface area contributed by atoms with Crippen molar-refractivity contribution in [2.24, 2.45) is 17.3 Å².